The van der Waals surface area contributed by atoms with Gasteiger partial charge in [0.05, 0.1) is 6.61 Å². The van der Waals surface area contributed by atoms with Crippen LogP contribution in [0.15, 0.2) is 18.2 Å². The van der Waals surface area contributed by atoms with Crippen molar-refractivity contribution in [2.45, 2.75) is 26.3 Å². The number of H-pyrrole nitrogens is 1. The van der Waals surface area contributed by atoms with Crippen molar-refractivity contribution in [3.05, 3.63) is 35.0 Å². The number of hydrogen-bond donors (Lipinski definition) is 2. The minimum absolute atomic E-state index is 0.388. The van der Waals surface area contributed by atoms with Gasteiger partial charge in [-0.05, 0) is 31.4 Å². The Morgan fingerprint density at radius 3 is 2.94 bits per heavy atom. The topological polar surface area (TPSA) is 37.0 Å². The molecule has 1 aliphatic rings. The van der Waals surface area contributed by atoms with Gasteiger partial charge in [0.1, 0.15) is 0 Å². The van der Waals surface area contributed by atoms with Crippen LogP contribution in [-0.2, 0) is 4.74 Å². The summed E-state index contributed by atoms with van der Waals surface area (Å²) in [7, 11) is 0. The van der Waals surface area contributed by atoms with Crippen molar-refractivity contribution in [1.29, 1.82) is 0 Å². The zero-order valence-corrected chi connectivity index (χ0v) is 11.0. The first-order valence-corrected chi connectivity index (χ1v) is 6.66. The third-order valence-corrected chi connectivity index (χ3v) is 3.88. The van der Waals surface area contributed by atoms with E-state index in [1.54, 1.807) is 0 Å². The second kappa shape index (κ2) is 4.75. The van der Waals surface area contributed by atoms with Gasteiger partial charge in [-0.15, -0.1) is 0 Å². The minimum Gasteiger partial charge on any atom is -0.380 e. The number of para-hydroxylation sites is 1. The van der Waals surface area contributed by atoms with Gasteiger partial charge in [0.2, 0.25) is 0 Å². The molecule has 1 fully saturated rings. The molecule has 1 aliphatic heterocycles. The van der Waals surface area contributed by atoms with Crippen LogP contribution in [0, 0.1) is 13.8 Å². The summed E-state index contributed by atoms with van der Waals surface area (Å²) in [4.78, 5) is 3.61. The van der Waals surface area contributed by atoms with E-state index in [2.05, 4.69) is 42.3 Å². The SMILES string of the molecule is Cc1c(C2CCOCCN2)[nH]c2c(C)cccc12. The van der Waals surface area contributed by atoms with Gasteiger partial charge < -0.3 is 15.0 Å². The molecule has 1 unspecified atom stereocenters. The predicted octanol–water partition coefficient (Wildman–Crippen LogP) is 2.84. The van der Waals surface area contributed by atoms with Crippen LogP contribution in [0.2, 0.25) is 0 Å². The van der Waals surface area contributed by atoms with E-state index in [0.29, 0.717) is 6.04 Å². The van der Waals surface area contributed by atoms with Gasteiger partial charge in [0.15, 0.2) is 0 Å². The Morgan fingerprint density at radius 1 is 1.22 bits per heavy atom. The van der Waals surface area contributed by atoms with Crippen molar-refractivity contribution in [3.8, 4) is 0 Å². The van der Waals surface area contributed by atoms with E-state index >= 15 is 0 Å². The molecule has 1 atom stereocenters. The first kappa shape index (κ1) is 11.8. The second-order valence-corrected chi connectivity index (χ2v) is 5.07. The molecule has 0 saturated carbocycles. The Kier molecular flexibility index (Phi) is 3.10. The molecule has 0 amide bonds. The Morgan fingerprint density at radius 2 is 2.11 bits per heavy atom. The highest BCUT2D eigenvalue weighted by Crippen LogP contribution is 2.29. The molecule has 3 rings (SSSR count). The normalized spacial score (nSPS) is 21.1. The Balaban J connectivity index is 2.06. The Hall–Kier alpha value is -1.32. The number of benzene rings is 1. The molecule has 0 bridgehead atoms. The zero-order chi connectivity index (χ0) is 12.5. The number of hydrogen-bond acceptors (Lipinski definition) is 2. The number of aromatic nitrogens is 1. The van der Waals surface area contributed by atoms with E-state index in [4.69, 9.17) is 4.74 Å². The summed E-state index contributed by atoms with van der Waals surface area (Å²) in [5.41, 5.74) is 5.28. The maximum Gasteiger partial charge on any atom is 0.0591 e. The van der Waals surface area contributed by atoms with Crippen LogP contribution < -0.4 is 5.32 Å². The molecule has 0 spiro atoms. The highest BCUT2D eigenvalue weighted by molar-refractivity contribution is 5.87. The molecule has 0 radical (unpaired) electrons. The van der Waals surface area contributed by atoms with Crippen molar-refractivity contribution in [3.63, 3.8) is 0 Å². The highest BCUT2D eigenvalue weighted by Gasteiger charge is 2.19. The quantitative estimate of drug-likeness (QED) is 0.809. The summed E-state index contributed by atoms with van der Waals surface area (Å²) < 4.78 is 5.51. The standard InChI is InChI=1S/C15H20N2O/c1-10-4-3-5-12-11(2)15(17-14(10)12)13-6-8-18-9-7-16-13/h3-5,13,16-17H,6-9H2,1-2H3. The first-order chi connectivity index (χ1) is 8.77. The molecule has 0 aliphatic carbocycles. The van der Waals surface area contributed by atoms with Crippen molar-refractivity contribution in [2.24, 2.45) is 0 Å². The second-order valence-electron chi connectivity index (χ2n) is 5.07. The van der Waals surface area contributed by atoms with Crippen molar-refractivity contribution >= 4 is 10.9 Å². The van der Waals surface area contributed by atoms with Gasteiger partial charge in [0.25, 0.3) is 0 Å². The molecule has 2 heterocycles. The summed E-state index contributed by atoms with van der Waals surface area (Å²) >= 11 is 0. The van der Waals surface area contributed by atoms with Gasteiger partial charge in [-0.25, -0.2) is 0 Å². The maximum atomic E-state index is 5.51. The summed E-state index contributed by atoms with van der Waals surface area (Å²) in [6.07, 6.45) is 1.03. The number of ether oxygens (including phenoxy) is 1. The molecule has 96 valence electrons. The van der Waals surface area contributed by atoms with Gasteiger partial charge in [-0.3, -0.25) is 0 Å². The van der Waals surface area contributed by atoms with Gasteiger partial charge >= 0.3 is 0 Å². The lowest BCUT2D eigenvalue weighted by molar-refractivity contribution is 0.150. The Bertz CT molecular complexity index is 551. The van der Waals surface area contributed by atoms with E-state index in [9.17, 15) is 0 Å². The molecular weight excluding hydrogens is 224 g/mol. The monoisotopic (exact) mass is 244 g/mol. The lowest BCUT2D eigenvalue weighted by Crippen LogP contribution is -2.22. The van der Waals surface area contributed by atoms with Crippen molar-refractivity contribution in [1.82, 2.24) is 10.3 Å². The van der Waals surface area contributed by atoms with E-state index in [1.165, 1.54) is 27.7 Å². The fraction of sp³-hybridized carbons (Fsp3) is 0.467. The van der Waals surface area contributed by atoms with Crippen LogP contribution in [0.5, 0.6) is 0 Å². The third-order valence-electron chi connectivity index (χ3n) is 3.88. The lowest BCUT2D eigenvalue weighted by atomic mass is 10.0. The number of fused-ring (bicyclic) bond motifs is 1. The average molecular weight is 244 g/mol. The minimum atomic E-state index is 0.388. The van der Waals surface area contributed by atoms with Crippen LogP contribution in [0.3, 0.4) is 0 Å². The van der Waals surface area contributed by atoms with Gasteiger partial charge in [-0.1, -0.05) is 18.2 Å². The molecular formula is C15H20N2O. The summed E-state index contributed by atoms with van der Waals surface area (Å²) in [5, 5.41) is 4.91. The number of rotatable bonds is 1. The van der Waals surface area contributed by atoms with Crippen molar-refractivity contribution in [2.75, 3.05) is 19.8 Å². The maximum absolute atomic E-state index is 5.51. The summed E-state index contributed by atoms with van der Waals surface area (Å²) in [6, 6.07) is 6.88. The van der Waals surface area contributed by atoms with Crippen molar-refractivity contribution < 1.29 is 4.74 Å². The molecule has 18 heavy (non-hydrogen) atoms. The van der Waals surface area contributed by atoms with Crippen LogP contribution in [0.1, 0.15) is 29.3 Å². The lowest BCUT2D eigenvalue weighted by Gasteiger charge is -2.14. The first-order valence-electron chi connectivity index (χ1n) is 6.66. The zero-order valence-electron chi connectivity index (χ0n) is 11.0. The number of nitrogens with one attached hydrogen (secondary N) is 2. The molecule has 2 aromatic rings. The molecule has 1 aromatic heterocycles. The molecule has 3 heteroatoms. The largest absolute Gasteiger partial charge is 0.380 e. The van der Waals surface area contributed by atoms with E-state index < -0.39 is 0 Å². The summed E-state index contributed by atoms with van der Waals surface area (Å²) in [5.74, 6) is 0. The van der Waals surface area contributed by atoms with Crippen LogP contribution in [0.4, 0.5) is 0 Å². The number of aryl methyl sites for hydroxylation is 2. The molecule has 3 nitrogen and oxygen atoms in total. The fourth-order valence-corrected chi connectivity index (χ4v) is 2.83. The molecule has 1 aromatic carbocycles. The van der Waals surface area contributed by atoms with E-state index in [-0.39, 0.29) is 0 Å². The van der Waals surface area contributed by atoms with Gasteiger partial charge in [0, 0.05) is 35.8 Å². The van der Waals surface area contributed by atoms with Gasteiger partial charge in [-0.2, -0.15) is 0 Å². The van der Waals surface area contributed by atoms with Crippen LogP contribution >= 0.6 is 0 Å². The third kappa shape index (κ3) is 1.93. The predicted molar refractivity (Wildman–Crippen MR) is 74.0 cm³/mol. The smallest absolute Gasteiger partial charge is 0.0591 e. The summed E-state index contributed by atoms with van der Waals surface area (Å²) in [6.45, 7) is 6.95. The molecule has 2 N–H and O–H groups in total. The van der Waals surface area contributed by atoms with E-state index in [1.807, 2.05) is 0 Å². The average Bonchev–Trinajstić information content (AvgIpc) is 2.57. The Labute approximate surface area is 108 Å². The van der Waals surface area contributed by atoms with E-state index in [0.717, 1.165) is 26.2 Å². The number of aromatic amines is 1. The van der Waals surface area contributed by atoms with Crippen LogP contribution in [0.25, 0.3) is 10.9 Å². The molecule has 1 saturated heterocycles. The van der Waals surface area contributed by atoms with Crippen LogP contribution in [-0.4, -0.2) is 24.7 Å². The fourth-order valence-electron chi connectivity index (χ4n) is 2.83. The highest BCUT2D eigenvalue weighted by atomic mass is 16.5.